The van der Waals surface area contributed by atoms with Crippen LogP contribution in [0.15, 0.2) is 48.5 Å². The third kappa shape index (κ3) is 5.08. The molecule has 0 saturated carbocycles. The molecule has 0 aromatic heterocycles. The largest absolute Gasteiger partial charge is 0.495 e. The molecule has 0 fully saturated rings. The minimum atomic E-state index is -0.807. The normalized spacial score (nSPS) is 13.3. The molecule has 35 heavy (non-hydrogen) atoms. The second kappa shape index (κ2) is 10.1. The number of aliphatic hydroxyl groups excluding tert-OH is 1. The number of carbonyl (C=O) groups is 1. The highest BCUT2D eigenvalue weighted by Gasteiger charge is 2.30. The molecule has 3 aromatic carbocycles. The molecule has 1 N–H and O–H groups in total. The van der Waals surface area contributed by atoms with Crippen molar-refractivity contribution in [3.8, 4) is 34.8 Å². The Morgan fingerprint density at radius 1 is 1.14 bits per heavy atom. The first kappa shape index (κ1) is 24.1. The molecule has 0 radical (unpaired) electrons. The summed E-state index contributed by atoms with van der Waals surface area (Å²) in [6.07, 6.45) is -0.297. The van der Waals surface area contributed by atoms with Crippen LogP contribution in [0.3, 0.4) is 0 Å². The van der Waals surface area contributed by atoms with Crippen LogP contribution in [0, 0.1) is 24.2 Å². The molecule has 1 aliphatic rings. The number of carbonyl (C=O) groups excluding carboxylic acids is 1. The van der Waals surface area contributed by atoms with E-state index >= 15 is 0 Å². The predicted molar refractivity (Wildman–Crippen MR) is 129 cm³/mol. The number of nitriles is 1. The average Bonchev–Trinajstić information content (AvgIpc) is 2.82. The van der Waals surface area contributed by atoms with Crippen molar-refractivity contribution in [2.45, 2.75) is 39.9 Å². The predicted octanol–water partition coefficient (Wildman–Crippen LogP) is 6.21. The lowest BCUT2D eigenvalue weighted by Gasteiger charge is -2.24. The first-order chi connectivity index (χ1) is 16.8. The molecule has 180 valence electrons. The Labute approximate surface area is 204 Å². The van der Waals surface area contributed by atoms with Crippen molar-refractivity contribution in [2.75, 3.05) is 7.11 Å². The number of cyclic esters (lactones) is 1. The van der Waals surface area contributed by atoms with Gasteiger partial charge in [0.25, 0.3) is 0 Å². The number of benzene rings is 3. The molecule has 1 aliphatic heterocycles. The standard InChI is InChI=1S/C28H27NO6/c1-16(2)11-22(30)21-9-10-23-25(27(21)32-4)28(31)33-15-19-12-17(3)13-24(26(19)35-23)34-20-7-5-18(14-29)6-8-20/h5-10,12-13,16,22,30H,11,15H2,1-4H3/t22-/m0/s1. The van der Waals surface area contributed by atoms with E-state index in [0.717, 1.165) is 5.56 Å². The summed E-state index contributed by atoms with van der Waals surface area (Å²) < 4.78 is 23.6. The van der Waals surface area contributed by atoms with Crippen molar-refractivity contribution in [3.63, 3.8) is 0 Å². The Hall–Kier alpha value is -4.02. The Bertz CT molecular complexity index is 1290. The molecule has 0 aliphatic carbocycles. The maximum atomic E-state index is 13.0. The van der Waals surface area contributed by atoms with Crippen LogP contribution >= 0.6 is 0 Å². The number of nitrogens with zero attached hydrogens (tertiary/aromatic N) is 1. The van der Waals surface area contributed by atoms with E-state index in [0.29, 0.717) is 40.4 Å². The number of esters is 1. The monoisotopic (exact) mass is 473 g/mol. The Balaban J connectivity index is 1.79. The van der Waals surface area contributed by atoms with Crippen molar-refractivity contribution in [3.05, 3.63) is 76.3 Å². The molecule has 1 atom stereocenters. The van der Waals surface area contributed by atoms with Gasteiger partial charge in [0.1, 0.15) is 29.4 Å². The van der Waals surface area contributed by atoms with Crippen LogP contribution in [-0.4, -0.2) is 18.2 Å². The Morgan fingerprint density at radius 3 is 2.54 bits per heavy atom. The molecule has 0 saturated heterocycles. The maximum Gasteiger partial charge on any atom is 0.346 e. The van der Waals surface area contributed by atoms with E-state index in [9.17, 15) is 9.90 Å². The van der Waals surface area contributed by atoms with Gasteiger partial charge in [0.2, 0.25) is 0 Å². The van der Waals surface area contributed by atoms with Gasteiger partial charge in [0, 0.05) is 11.1 Å². The summed E-state index contributed by atoms with van der Waals surface area (Å²) in [5.74, 6) is 1.49. The maximum absolute atomic E-state index is 13.0. The number of ether oxygens (including phenoxy) is 4. The highest BCUT2D eigenvalue weighted by Crippen LogP contribution is 2.45. The lowest BCUT2D eigenvalue weighted by molar-refractivity contribution is 0.0454. The number of fused-ring (bicyclic) bond motifs is 2. The summed E-state index contributed by atoms with van der Waals surface area (Å²) in [7, 11) is 1.45. The molecule has 7 nitrogen and oxygen atoms in total. The van der Waals surface area contributed by atoms with Gasteiger partial charge in [0.05, 0.1) is 24.8 Å². The van der Waals surface area contributed by atoms with Gasteiger partial charge in [-0.3, -0.25) is 0 Å². The minimum absolute atomic E-state index is 0.0268. The van der Waals surface area contributed by atoms with Crippen LogP contribution in [0.1, 0.15) is 59.0 Å². The second-order valence-corrected chi connectivity index (χ2v) is 8.87. The smallest absolute Gasteiger partial charge is 0.346 e. The SMILES string of the molecule is COc1c([C@@H](O)CC(C)C)ccc2c1C(=O)OCc1cc(C)cc(Oc3ccc(C#N)cc3)c1O2. The minimum Gasteiger partial charge on any atom is -0.495 e. The number of aryl methyl sites for hydroxylation is 1. The summed E-state index contributed by atoms with van der Waals surface area (Å²) in [5.41, 5.74) is 2.69. The van der Waals surface area contributed by atoms with Crippen LogP contribution in [0.5, 0.6) is 28.7 Å². The van der Waals surface area contributed by atoms with Gasteiger partial charge < -0.3 is 24.1 Å². The van der Waals surface area contributed by atoms with Crippen LogP contribution in [0.4, 0.5) is 0 Å². The van der Waals surface area contributed by atoms with Gasteiger partial charge in [-0.2, -0.15) is 5.26 Å². The Morgan fingerprint density at radius 2 is 1.89 bits per heavy atom. The molecule has 0 unspecified atom stereocenters. The van der Waals surface area contributed by atoms with E-state index in [-0.39, 0.29) is 29.6 Å². The van der Waals surface area contributed by atoms with Crippen molar-refractivity contribution in [2.24, 2.45) is 5.92 Å². The highest BCUT2D eigenvalue weighted by atomic mass is 16.6. The van der Waals surface area contributed by atoms with Gasteiger partial charge in [-0.05, 0) is 73.4 Å². The van der Waals surface area contributed by atoms with E-state index in [1.165, 1.54) is 7.11 Å². The zero-order chi connectivity index (χ0) is 25.1. The number of rotatable bonds is 6. The van der Waals surface area contributed by atoms with Gasteiger partial charge in [-0.15, -0.1) is 0 Å². The fourth-order valence-corrected chi connectivity index (χ4v) is 4.08. The lowest BCUT2D eigenvalue weighted by atomic mass is 9.96. The van der Waals surface area contributed by atoms with Crippen molar-refractivity contribution >= 4 is 5.97 Å². The van der Waals surface area contributed by atoms with Crippen molar-refractivity contribution in [1.82, 2.24) is 0 Å². The molecule has 0 bridgehead atoms. The molecule has 1 heterocycles. The zero-order valence-electron chi connectivity index (χ0n) is 20.1. The molecular weight excluding hydrogens is 446 g/mol. The van der Waals surface area contributed by atoms with Gasteiger partial charge >= 0.3 is 5.97 Å². The quantitative estimate of drug-likeness (QED) is 0.425. The van der Waals surface area contributed by atoms with E-state index in [4.69, 9.17) is 24.2 Å². The molecule has 7 heteroatoms. The molecule has 4 rings (SSSR count). The number of methoxy groups -OCH3 is 1. The summed E-state index contributed by atoms with van der Waals surface area (Å²) in [5, 5.41) is 19.8. The average molecular weight is 474 g/mol. The second-order valence-electron chi connectivity index (χ2n) is 8.87. The topological polar surface area (TPSA) is 98.0 Å². The first-order valence-corrected chi connectivity index (χ1v) is 11.4. The highest BCUT2D eigenvalue weighted by molar-refractivity contribution is 5.96. The number of hydrogen-bond donors (Lipinski definition) is 1. The summed E-state index contributed by atoms with van der Waals surface area (Å²) in [4.78, 5) is 13.0. The summed E-state index contributed by atoms with van der Waals surface area (Å²) in [6.45, 7) is 5.90. The molecule has 0 spiro atoms. The van der Waals surface area contributed by atoms with E-state index in [1.54, 1.807) is 36.4 Å². The van der Waals surface area contributed by atoms with Crippen LogP contribution in [0.2, 0.25) is 0 Å². The van der Waals surface area contributed by atoms with Gasteiger partial charge in [-0.25, -0.2) is 4.79 Å². The fraction of sp³-hybridized carbons (Fsp3) is 0.286. The van der Waals surface area contributed by atoms with E-state index in [2.05, 4.69) is 6.07 Å². The first-order valence-electron chi connectivity index (χ1n) is 11.4. The molecule has 0 amide bonds. The molecular formula is C28H27NO6. The van der Waals surface area contributed by atoms with E-state index < -0.39 is 12.1 Å². The lowest BCUT2D eigenvalue weighted by Crippen LogP contribution is -2.15. The summed E-state index contributed by atoms with van der Waals surface area (Å²) >= 11 is 0. The van der Waals surface area contributed by atoms with Gasteiger partial charge in [0.15, 0.2) is 11.5 Å². The van der Waals surface area contributed by atoms with Crippen LogP contribution in [-0.2, 0) is 11.3 Å². The van der Waals surface area contributed by atoms with E-state index in [1.807, 2.05) is 32.9 Å². The third-order valence-electron chi connectivity index (χ3n) is 5.67. The molecule has 3 aromatic rings. The van der Waals surface area contributed by atoms with Crippen molar-refractivity contribution in [1.29, 1.82) is 5.26 Å². The Kier molecular flexibility index (Phi) is 6.94. The summed E-state index contributed by atoms with van der Waals surface area (Å²) in [6, 6.07) is 15.9. The number of hydrogen-bond acceptors (Lipinski definition) is 7. The van der Waals surface area contributed by atoms with Crippen molar-refractivity contribution < 1.29 is 28.8 Å². The van der Waals surface area contributed by atoms with Gasteiger partial charge in [-0.1, -0.05) is 13.8 Å². The number of aliphatic hydroxyl groups is 1. The third-order valence-corrected chi connectivity index (χ3v) is 5.67. The van der Waals surface area contributed by atoms with Crippen LogP contribution < -0.4 is 14.2 Å². The van der Waals surface area contributed by atoms with Crippen LogP contribution in [0.25, 0.3) is 0 Å². The zero-order valence-corrected chi connectivity index (χ0v) is 20.1. The fourth-order valence-electron chi connectivity index (χ4n) is 4.08.